The molecule has 0 fully saturated rings. The predicted molar refractivity (Wildman–Crippen MR) is 113 cm³/mol. The molecule has 1 heterocycles. The van der Waals surface area contributed by atoms with Crippen LogP contribution in [0.3, 0.4) is 0 Å². The van der Waals surface area contributed by atoms with Crippen molar-refractivity contribution < 1.29 is 14.3 Å². The molecule has 2 aromatic carbocycles. The molecule has 0 saturated heterocycles. The second-order valence-electron chi connectivity index (χ2n) is 5.94. The molecular formula is C20H19ClN4O3S. The van der Waals surface area contributed by atoms with Gasteiger partial charge in [0.1, 0.15) is 0 Å². The molecule has 0 radical (unpaired) electrons. The van der Waals surface area contributed by atoms with E-state index in [-0.39, 0.29) is 11.7 Å². The molecule has 0 aliphatic heterocycles. The summed E-state index contributed by atoms with van der Waals surface area (Å²) < 4.78 is 6.65. The first-order valence-electron chi connectivity index (χ1n) is 8.82. The van der Waals surface area contributed by atoms with Crippen LogP contribution in [0.2, 0.25) is 5.02 Å². The summed E-state index contributed by atoms with van der Waals surface area (Å²) in [7, 11) is 1.29. The van der Waals surface area contributed by atoms with Crippen LogP contribution in [-0.4, -0.2) is 39.5 Å². The van der Waals surface area contributed by atoms with Crippen LogP contribution in [0.4, 0.5) is 5.69 Å². The first-order valence-corrected chi connectivity index (χ1v) is 10.2. The van der Waals surface area contributed by atoms with Gasteiger partial charge >= 0.3 is 5.97 Å². The van der Waals surface area contributed by atoms with Gasteiger partial charge in [-0.2, -0.15) is 0 Å². The number of hydrogen-bond acceptors (Lipinski definition) is 6. The lowest BCUT2D eigenvalue weighted by molar-refractivity contribution is -0.113. The summed E-state index contributed by atoms with van der Waals surface area (Å²) in [6.07, 6.45) is 0. The van der Waals surface area contributed by atoms with E-state index in [1.807, 2.05) is 41.8 Å². The van der Waals surface area contributed by atoms with Crippen molar-refractivity contribution in [2.45, 2.75) is 18.6 Å². The van der Waals surface area contributed by atoms with Crippen LogP contribution in [0.5, 0.6) is 0 Å². The highest BCUT2D eigenvalue weighted by atomic mass is 35.5. The van der Waals surface area contributed by atoms with Crippen LogP contribution in [0.25, 0.3) is 11.4 Å². The summed E-state index contributed by atoms with van der Waals surface area (Å²) in [6, 6.07) is 14.3. The second kappa shape index (κ2) is 9.58. The summed E-state index contributed by atoms with van der Waals surface area (Å²) in [4.78, 5) is 24.1. The number of nitrogens with zero attached hydrogens (tertiary/aromatic N) is 3. The molecule has 0 aliphatic rings. The normalized spacial score (nSPS) is 10.6. The maximum Gasteiger partial charge on any atom is 0.337 e. The van der Waals surface area contributed by atoms with Crippen molar-refractivity contribution in [2.75, 3.05) is 18.2 Å². The van der Waals surface area contributed by atoms with Gasteiger partial charge in [-0.15, -0.1) is 10.2 Å². The van der Waals surface area contributed by atoms with Crippen molar-refractivity contribution in [2.24, 2.45) is 0 Å². The van der Waals surface area contributed by atoms with Gasteiger partial charge < -0.3 is 14.6 Å². The van der Waals surface area contributed by atoms with Crippen molar-refractivity contribution in [3.8, 4) is 11.4 Å². The van der Waals surface area contributed by atoms with Gasteiger partial charge in [0.05, 0.1) is 29.1 Å². The number of amides is 1. The Hall–Kier alpha value is -2.84. The van der Waals surface area contributed by atoms with E-state index >= 15 is 0 Å². The number of carbonyl (C=O) groups is 2. The average Bonchev–Trinajstić information content (AvgIpc) is 3.16. The molecule has 1 amide bonds. The Balaban J connectivity index is 1.69. The number of thioether (sulfide) groups is 1. The molecule has 1 N–H and O–H groups in total. The summed E-state index contributed by atoms with van der Waals surface area (Å²) in [5.41, 5.74) is 1.62. The van der Waals surface area contributed by atoms with Crippen LogP contribution >= 0.6 is 23.4 Å². The molecule has 0 bridgehead atoms. The third-order valence-electron chi connectivity index (χ3n) is 4.06. The molecule has 7 nitrogen and oxygen atoms in total. The lowest BCUT2D eigenvalue weighted by Gasteiger charge is -2.09. The standard InChI is InChI=1S/C20H19ClN4O3S/c1-3-25-18(13-7-5-4-6-8-13)23-24-20(25)29-12-17(26)22-16-11-14(19(27)28-2)9-10-15(16)21/h4-11H,3,12H2,1-2H3,(H,22,26). The first kappa shape index (κ1) is 20.9. The Labute approximate surface area is 177 Å². The topological polar surface area (TPSA) is 86.1 Å². The fourth-order valence-electron chi connectivity index (χ4n) is 2.66. The van der Waals surface area contributed by atoms with Crippen LogP contribution in [-0.2, 0) is 16.1 Å². The Morgan fingerprint density at radius 3 is 2.62 bits per heavy atom. The zero-order valence-electron chi connectivity index (χ0n) is 15.9. The summed E-state index contributed by atoms with van der Waals surface area (Å²) in [6.45, 7) is 2.67. The van der Waals surface area contributed by atoms with Crippen LogP contribution in [0.1, 0.15) is 17.3 Å². The minimum atomic E-state index is -0.504. The second-order valence-corrected chi connectivity index (χ2v) is 7.29. The molecule has 0 aliphatic carbocycles. The van der Waals surface area contributed by atoms with E-state index in [9.17, 15) is 9.59 Å². The largest absolute Gasteiger partial charge is 0.465 e. The van der Waals surface area contributed by atoms with Crippen molar-refractivity contribution in [3.63, 3.8) is 0 Å². The molecule has 150 valence electrons. The van der Waals surface area contributed by atoms with Gasteiger partial charge in [0, 0.05) is 12.1 Å². The average molecular weight is 431 g/mol. The predicted octanol–water partition coefficient (Wildman–Crippen LogP) is 4.14. The molecule has 0 spiro atoms. The number of rotatable bonds is 7. The number of hydrogen-bond donors (Lipinski definition) is 1. The fraction of sp³-hybridized carbons (Fsp3) is 0.200. The van der Waals surface area contributed by atoms with E-state index in [4.69, 9.17) is 11.6 Å². The highest BCUT2D eigenvalue weighted by Crippen LogP contribution is 2.26. The van der Waals surface area contributed by atoms with Crippen molar-refractivity contribution in [3.05, 3.63) is 59.1 Å². The van der Waals surface area contributed by atoms with Crippen molar-refractivity contribution in [1.82, 2.24) is 14.8 Å². The monoisotopic (exact) mass is 430 g/mol. The van der Waals surface area contributed by atoms with Gasteiger partial charge in [0.25, 0.3) is 0 Å². The summed E-state index contributed by atoms with van der Waals surface area (Å²) in [5, 5.41) is 12.2. The zero-order chi connectivity index (χ0) is 20.8. The first-order chi connectivity index (χ1) is 14.0. The van der Waals surface area contributed by atoms with Gasteiger partial charge in [0.2, 0.25) is 5.91 Å². The number of ether oxygens (including phenoxy) is 1. The molecule has 0 unspecified atom stereocenters. The number of benzene rings is 2. The van der Waals surface area contributed by atoms with E-state index in [1.165, 1.54) is 37.1 Å². The van der Waals surface area contributed by atoms with Gasteiger partial charge in [-0.1, -0.05) is 53.7 Å². The number of nitrogens with one attached hydrogen (secondary N) is 1. The fourth-order valence-corrected chi connectivity index (χ4v) is 3.63. The van der Waals surface area contributed by atoms with E-state index in [1.54, 1.807) is 0 Å². The van der Waals surface area contributed by atoms with Gasteiger partial charge in [-0.05, 0) is 25.1 Å². The smallest absolute Gasteiger partial charge is 0.337 e. The van der Waals surface area contributed by atoms with Gasteiger partial charge in [-0.25, -0.2) is 4.79 Å². The minimum Gasteiger partial charge on any atom is -0.465 e. The number of methoxy groups -OCH3 is 1. The Bertz CT molecular complexity index is 1020. The molecule has 1 aromatic heterocycles. The molecule has 9 heteroatoms. The van der Waals surface area contributed by atoms with E-state index < -0.39 is 5.97 Å². The number of esters is 1. The highest BCUT2D eigenvalue weighted by Gasteiger charge is 2.16. The molecule has 0 saturated carbocycles. The lowest BCUT2D eigenvalue weighted by atomic mass is 10.2. The SMILES string of the molecule is CCn1c(SCC(=O)Nc2cc(C(=O)OC)ccc2Cl)nnc1-c1ccccc1. The summed E-state index contributed by atoms with van der Waals surface area (Å²) >= 11 is 7.40. The highest BCUT2D eigenvalue weighted by molar-refractivity contribution is 7.99. The Morgan fingerprint density at radius 1 is 1.17 bits per heavy atom. The van der Waals surface area contributed by atoms with Crippen molar-refractivity contribution >= 4 is 40.9 Å². The molecular weight excluding hydrogens is 412 g/mol. The van der Waals surface area contributed by atoms with Crippen molar-refractivity contribution in [1.29, 1.82) is 0 Å². The Kier molecular flexibility index (Phi) is 6.90. The lowest BCUT2D eigenvalue weighted by Crippen LogP contribution is -2.15. The van der Waals surface area contributed by atoms with Crippen LogP contribution in [0, 0.1) is 0 Å². The number of carbonyl (C=O) groups excluding carboxylic acids is 2. The third-order valence-corrected chi connectivity index (χ3v) is 5.36. The molecule has 0 atom stereocenters. The molecule has 29 heavy (non-hydrogen) atoms. The number of anilines is 1. The van der Waals surface area contributed by atoms with E-state index in [0.29, 0.717) is 28.0 Å². The number of aromatic nitrogens is 3. The van der Waals surface area contributed by atoms with Gasteiger partial charge in [0.15, 0.2) is 11.0 Å². The Morgan fingerprint density at radius 2 is 1.93 bits per heavy atom. The van der Waals surface area contributed by atoms with E-state index in [2.05, 4.69) is 20.3 Å². The van der Waals surface area contributed by atoms with Crippen LogP contribution < -0.4 is 5.32 Å². The minimum absolute atomic E-state index is 0.117. The van der Waals surface area contributed by atoms with Gasteiger partial charge in [-0.3, -0.25) is 4.79 Å². The maximum absolute atomic E-state index is 12.4. The zero-order valence-corrected chi connectivity index (χ0v) is 17.5. The summed E-state index contributed by atoms with van der Waals surface area (Å²) in [5.74, 6) is 0.0952. The quantitative estimate of drug-likeness (QED) is 0.448. The number of halogens is 1. The van der Waals surface area contributed by atoms with Crippen LogP contribution in [0.15, 0.2) is 53.7 Å². The molecule has 3 rings (SSSR count). The third kappa shape index (κ3) is 4.96. The van der Waals surface area contributed by atoms with E-state index in [0.717, 1.165) is 11.4 Å². The molecule has 3 aromatic rings. The maximum atomic E-state index is 12.4.